The highest BCUT2D eigenvalue weighted by Crippen LogP contribution is 2.15. The molecule has 1 amide bonds. The average molecular weight is 368 g/mol. The molecule has 0 unspecified atom stereocenters. The summed E-state index contributed by atoms with van der Waals surface area (Å²) in [7, 11) is 0. The minimum atomic E-state index is -0.519. The molecule has 1 aromatic carbocycles. The summed E-state index contributed by atoms with van der Waals surface area (Å²) in [5, 5.41) is 2.63. The summed E-state index contributed by atoms with van der Waals surface area (Å²) in [6, 6.07) is 10.8. The van der Waals surface area contributed by atoms with Gasteiger partial charge < -0.3 is 4.74 Å². The number of hydrogen-bond donors (Lipinski definition) is 1. The van der Waals surface area contributed by atoms with Crippen LogP contribution < -0.4 is 9.88 Å². The molecule has 0 bridgehead atoms. The molecule has 142 valence electrons. The van der Waals surface area contributed by atoms with Crippen molar-refractivity contribution in [1.29, 1.82) is 0 Å². The number of nitrogens with one attached hydrogen (secondary N) is 1. The van der Waals surface area contributed by atoms with E-state index in [0.29, 0.717) is 17.9 Å². The van der Waals surface area contributed by atoms with Crippen molar-refractivity contribution in [3.8, 4) is 0 Å². The molecular formula is C21H26N3O3+. The summed E-state index contributed by atoms with van der Waals surface area (Å²) >= 11 is 0. The molecule has 0 radical (unpaired) electrons. The number of rotatable bonds is 10. The molecule has 2 aromatic rings. The zero-order chi connectivity index (χ0) is 19.3. The smallest absolute Gasteiger partial charge is 0.411 e. The fourth-order valence-electron chi connectivity index (χ4n) is 2.63. The summed E-state index contributed by atoms with van der Waals surface area (Å²) < 4.78 is 7.19. The summed E-state index contributed by atoms with van der Waals surface area (Å²) in [6.45, 7) is 3.09. The Bertz CT molecular complexity index is 751. The van der Waals surface area contributed by atoms with Gasteiger partial charge in [-0.2, -0.15) is 4.99 Å². The highest BCUT2D eigenvalue weighted by molar-refractivity contribution is 5.84. The molecule has 0 saturated heterocycles. The van der Waals surface area contributed by atoms with Crippen LogP contribution in [-0.4, -0.2) is 18.8 Å². The van der Waals surface area contributed by atoms with Crippen LogP contribution in [0.25, 0.3) is 0 Å². The van der Waals surface area contributed by atoms with Crippen LogP contribution >= 0.6 is 0 Å². The number of isocyanates is 1. The lowest BCUT2D eigenvalue weighted by Crippen LogP contribution is -2.36. The first-order valence-corrected chi connectivity index (χ1v) is 9.31. The van der Waals surface area contributed by atoms with Crippen molar-refractivity contribution < 1.29 is 18.9 Å². The molecule has 1 N–H and O–H groups in total. The third kappa shape index (κ3) is 7.84. The Morgan fingerprint density at radius 3 is 2.52 bits per heavy atom. The Hall–Kier alpha value is -2.98. The number of carbonyl (C=O) groups is 1. The first-order chi connectivity index (χ1) is 13.2. The number of aromatic nitrogens is 1. The second kappa shape index (κ2) is 11.6. The topological polar surface area (TPSA) is 71.6 Å². The van der Waals surface area contributed by atoms with Gasteiger partial charge in [0.2, 0.25) is 6.08 Å². The second-order valence-electron chi connectivity index (χ2n) is 6.27. The Balaban J connectivity index is 1.69. The predicted molar refractivity (Wildman–Crippen MR) is 104 cm³/mol. The summed E-state index contributed by atoms with van der Waals surface area (Å²) in [5.74, 6) is 0. The molecule has 1 heterocycles. The Morgan fingerprint density at radius 1 is 1.11 bits per heavy atom. The van der Waals surface area contributed by atoms with Gasteiger partial charge in [0, 0.05) is 17.8 Å². The highest BCUT2D eigenvalue weighted by atomic mass is 16.5. The second-order valence-corrected chi connectivity index (χ2v) is 6.27. The minimum Gasteiger partial charge on any atom is -0.443 e. The van der Waals surface area contributed by atoms with Gasteiger partial charge in [-0.15, -0.1) is 0 Å². The van der Waals surface area contributed by atoms with Crippen LogP contribution in [0.5, 0.6) is 0 Å². The number of carbonyl (C=O) groups excluding carboxylic acids is 2. The predicted octanol–water partition coefficient (Wildman–Crippen LogP) is 4.31. The molecule has 0 aliphatic heterocycles. The molecule has 1 aromatic heterocycles. The lowest BCUT2D eigenvalue weighted by atomic mass is 10.1. The van der Waals surface area contributed by atoms with Gasteiger partial charge in [0.25, 0.3) is 0 Å². The van der Waals surface area contributed by atoms with Crippen LogP contribution in [0.15, 0.2) is 53.8 Å². The maximum atomic E-state index is 11.8. The molecule has 0 aliphatic carbocycles. The minimum absolute atomic E-state index is 0.278. The molecule has 6 heteroatoms. The van der Waals surface area contributed by atoms with Crippen LogP contribution in [-0.2, 0) is 22.5 Å². The molecule has 27 heavy (non-hydrogen) atoms. The lowest BCUT2D eigenvalue weighted by Gasteiger charge is -2.06. The van der Waals surface area contributed by atoms with Crippen molar-refractivity contribution in [3.05, 3.63) is 54.4 Å². The third-order valence-corrected chi connectivity index (χ3v) is 4.15. The van der Waals surface area contributed by atoms with Crippen LogP contribution in [0.3, 0.4) is 0 Å². The van der Waals surface area contributed by atoms with Crippen LogP contribution in [0.4, 0.5) is 16.2 Å². The van der Waals surface area contributed by atoms with Gasteiger partial charge in [0.1, 0.15) is 0 Å². The molecular weight excluding hydrogens is 342 g/mol. The van der Waals surface area contributed by atoms with E-state index in [1.807, 2.05) is 17.0 Å². The van der Waals surface area contributed by atoms with E-state index < -0.39 is 6.09 Å². The van der Waals surface area contributed by atoms with Gasteiger partial charge in [-0.3, -0.25) is 5.32 Å². The Labute approximate surface area is 159 Å². The Kier molecular flexibility index (Phi) is 8.74. The number of hydrogen-bond acceptors (Lipinski definition) is 4. The van der Waals surface area contributed by atoms with E-state index in [1.54, 1.807) is 24.3 Å². The van der Waals surface area contributed by atoms with Gasteiger partial charge in [0.15, 0.2) is 25.5 Å². The van der Waals surface area contributed by atoms with Crippen LogP contribution in [0.2, 0.25) is 0 Å². The highest BCUT2D eigenvalue weighted by Gasteiger charge is 2.06. The number of unbranched alkanes of at least 4 members (excludes halogenated alkanes) is 3. The first kappa shape index (κ1) is 20.3. The quantitative estimate of drug-likeness (QED) is 0.294. The summed E-state index contributed by atoms with van der Waals surface area (Å²) in [5.41, 5.74) is 2.39. The standard InChI is InChI=1S/C21H25N3O3/c1-2-3-4-5-6-18-11-13-24(14-12-18)15-16-27-21(26)23-20-9-7-19(8-10-20)22-17-25/h7-14H,2-6,15-16H2,1H3/p+1. The van der Waals surface area contributed by atoms with Crippen molar-refractivity contribution >= 4 is 23.5 Å². The fraction of sp³-hybridized carbons (Fsp3) is 0.381. The summed E-state index contributed by atoms with van der Waals surface area (Å²) in [4.78, 5) is 25.5. The van der Waals surface area contributed by atoms with Crippen molar-refractivity contribution in [2.75, 3.05) is 11.9 Å². The average Bonchev–Trinajstić information content (AvgIpc) is 2.68. The van der Waals surface area contributed by atoms with Crippen LogP contribution in [0, 0.1) is 0 Å². The molecule has 2 rings (SSSR count). The normalized spacial score (nSPS) is 10.1. The molecule has 0 atom stereocenters. The van der Waals surface area contributed by atoms with Crippen molar-refractivity contribution in [2.24, 2.45) is 4.99 Å². The largest absolute Gasteiger partial charge is 0.443 e. The number of anilines is 1. The molecule has 0 aliphatic rings. The zero-order valence-electron chi connectivity index (χ0n) is 15.7. The van der Waals surface area contributed by atoms with Gasteiger partial charge in [-0.25, -0.2) is 14.2 Å². The van der Waals surface area contributed by atoms with Crippen molar-refractivity contribution in [2.45, 2.75) is 45.6 Å². The number of nitrogens with zero attached hydrogens (tertiary/aromatic N) is 2. The number of aliphatic imine (C=N–C) groups is 1. The maximum absolute atomic E-state index is 11.8. The van der Waals surface area contributed by atoms with Crippen molar-refractivity contribution in [1.82, 2.24) is 0 Å². The van der Waals surface area contributed by atoms with E-state index in [1.165, 1.54) is 37.3 Å². The van der Waals surface area contributed by atoms with E-state index >= 15 is 0 Å². The molecule has 0 fully saturated rings. The van der Waals surface area contributed by atoms with E-state index in [-0.39, 0.29) is 6.61 Å². The number of ether oxygens (including phenoxy) is 1. The van der Waals surface area contributed by atoms with Crippen LogP contribution in [0.1, 0.15) is 38.2 Å². The number of benzene rings is 1. The molecule has 0 saturated carbocycles. The van der Waals surface area contributed by atoms with E-state index in [9.17, 15) is 9.59 Å². The summed E-state index contributed by atoms with van der Waals surface area (Å²) in [6.07, 6.45) is 11.1. The third-order valence-electron chi connectivity index (χ3n) is 4.15. The van der Waals surface area contributed by atoms with Gasteiger partial charge in [0.05, 0.1) is 5.69 Å². The monoisotopic (exact) mass is 368 g/mol. The van der Waals surface area contributed by atoms with Crippen molar-refractivity contribution in [3.63, 3.8) is 0 Å². The van der Waals surface area contributed by atoms with Gasteiger partial charge in [-0.1, -0.05) is 26.2 Å². The zero-order valence-corrected chi connectivity index (χ0v) is 15.7. The Morgan fingerprint density at radius 2 is 1.85 bits per heavy atom. The maximum Gasteiger partial charge on any atom is 0.411 e. The molecule has 6 nitrogen and oxygen atoms in total. The molecule has 0 spiro atoms. The van der Waals surface area contributed by atoms with E-state index in [2.05, 4.69) is 29.4 Å². The number of pyridine rings is 1. The number of amides is 1. The van der Waals surface area contributed by atoms with E-state index in [0.717, 1.165) is 6.42 Å². The van der Waals surface area contributed by atoms with E-state index in [4.69, 9.17) is 4.74 Å². The lowest BCUT2D eigenvalue weighted by molar-refractivity contribution is -0.697. The van der Waals surface area contributed by atoms with Gasteiger partial charge in [-0.05, 0) is 42.7 Å². The number of aryl methyl sites for hydroxylation is 1. The fourth-order valence-corrected chi connectivity index (χ4v) is 2.63. The van der Waals surface area contributed by atoms with Gasteiger partial charge >= 0.3 is 6.09 Å². The first-order valence-electron chi connectivity index (χ1n) is 9.31. The SMILES string of the molecule is CCCCCCc1cc[n+](CCOC(=O)Nc2ccc(N=C=O)cc2)cc1.